The van der Waals surface area contributed by atoms with Crippen molar-refractivity contribution in [1.29, 1.82) is 0 Å². The zero-order valence-corrected chi connectivity index (χ0v) is 15.4. The van der Waals surface area contributed by atoms with Crippen molar-refractivity contribution in [2.45, 2.75) is 53.0 Å². The van der Waals surface area contributed by atoms with Gasteiger partial charge in [0.2, 0.25) is 0 Å². The van der Waals surface area contributed by atoms with Gasteiger partial charge in [-0.05, 0) is 44.7 Å². The van der Waals surface area contributed by atoms with Crippen LogP contribution >= 0.6 is 0 Å². The van der Waals surface area contributed by atoms with E-state index in [9.17, 15) is 0 Å². The van der Waals surface area contributed by atoms with Crippen molar-refractivity contribution < 1.29 is 0 Å². The van der Waals surface area contributed by atoms with Crippen LogP contribution in [0.1, 0.15) is 46.4 Å². The summed E-state index contributed by atoms with van der Waals surface area (Å²) in [6, 6.07) is 8.54. The number of para-hydroxylation sites is 2. The van der Waals surface area contributed by atoms with Crippen molar-refractivity contribution in [3.05, 3.63) is 30.1 Å². The minimum absolute atomic E-state index is 0.427. The summed E-state index contributed by atoms with van der Waals surface area (Å²) >= 11 is 0. The van der Waals surface area contributed by atoms with E-state index in [1.165, 1.54) is 6.42 Å². The van der Waals surface area contributed by atoms with E-state index in [0.717, 1.165) is 48.1 Å². The highest BCUT2D eigenvalue weighted by atomic mass is 15.2. The fraction of sp³-hybridized carbons (Fsp3) is 0.579. The van der Waals surface area contributed by atoms with Crippen LogP contribution in [0.15, 0.2) is 29.3 Å². The van der Waals surface area contributed by atoms with Crippen molar-refractivity contribution in [2.24, 2.45) is 10.9 Å². The smallest absolute Gasteiger partial charge is 0.191 e. The van der Waals surface area contributed by atoms with E-state index in [4.69, 9.17) is 0 Å². The fourth-order valence-electron chi connectivity index (χ4n) is 2.61. The topological polar surface area (TPSA) is 65.1 Å². The van der Waals surface area contributed by atoms with Crippen LogP contribution in [0.3, 0.4) is 0 Å². The molecule has 0 aliphatic rings. The Morgan fingerprint density at radius 1 is 1.21 bits per heavy atom. The molecule has 0 radical (unpaired) electrons. The first-order valence-electron chi connectivity index (χ1n) is 9.07. The van der Waals surface area contributed by atoms with Gasteiger partial charge in [0.15, 0.2) is 5.96 Å². The number of guanidine groups is 1. The standard InChI is InChI=1S/C19H31N5/c1-5-20-19(22-15(4)11-10-14(2)3)21-13-12-18-23-16-8-6-7-9-17(16)24-18/h6-9,14-15H,5,10-13H2,1-4H3,(H,23,24)(H2,20,21,22). The summed E-state index contributed by atoms with van der Waals surface area (Å²) in [4.78, 5) is 12.6. The first-order valence-corrected chi connectivity index (χ1v) is 9.07. The Morgan fingerprint density at radius 2 is 2.00 bits per heavy atom. The van der Waals surface area contributed by atoms with Crippen LogP contribution in [-0.2, 0) is 6.42 Å². The maximum atomic E-state index is 4.68. The molecule has 5 nitrogen and oxygen atoms in total. The monoisotopic (exact) mass is 329 g/mol. The second kappa shape index (κ2) is 9.30. The Hall–Kier alpha value is -2.04. The molecule has 3 N–H and O–H groups in total. The third kappa shape index (κ3) is 5.87. The van der Waals surface area contributed by atoms with E-state index in [-0.39, 0.29) is 0 Å². The molecule has 0 aliphatic carbocycles. The molecule has 2 aromatic rings. The molecule has 24 heavy (non-hydrogen) atoms. The number of H-pyrrole nitrogens is 1. The molecule has 0 saturated carbocycles. The van der Waals surface area contributed by atoms with Gasteiger partial charge in [-0.1, -0.05) is 26.0 Å². The molecule has 0 bridgehead atoms. The van der Waals surface area contributed by atoms with Crippen LogP contribution in [0.2, 0.25) is 0 Å². The number of aromatic nitrogens is 2. The Kier molecular flexibility index (Phi) is 7.09. The molecule has 0 amide bonds. The summed E-state index contributed by atoms with van der Waals surface area (Å²) in [7, 11) is 0. The molecule has 0 fully saturated rings. The lowest BCUT2D eigenvalue weighted by Gasteiger charge is -2.18. The molecule has 0 spiro atoms. The first kappa shape index (κ1) is 18.3. The Labute approximate surface area is 145 Å². The number of rotatable bonds is 8. The van der Waals surface area contributed by atoms with Crippen LogP contribution < -0.4 is 10.6 Å². The fourth-order valence-corrected chi connectivity index (χ4v) is 2.61. The van der Waals surface area contributed by atoms with Crippen LogP contribution in [0.4, 0.5) is 0 Å². The number of nitrogens with one attached hydrogen (secondary N) is 3. The second-order valence-corrected chi connectivity index (χ2v) is 6.73. The number of aromatic amines is 1. The normalized spacial score (nSPS) is 13.5. The van der Waals surface area contributed by atoms with Crippen molar-refractivity contribution >= 4 is 17.0 Å². The van der Waals surface area contributed by atoms with Gasteiger partial charge in [0.1, 0.15) is 5.82 Å². The molecule has 1 aromatic heterocycles. The van der Waals surface area contributed by atoms with E-state index in [2.05, 4.69) is 59.4 Å². The van der Waals surface area contributed by atoms with Gasteiger partial charge in [-0.2, -0.15) is 0 Å². The Morgan fingerprint density at radius 3 is 2.71 bits per heavy atom. The predicted octanol–water partition coefficient (Wildman–Crippen LogP) is 3.49. The molecular weight excluding hydrogens is 298 g/mol. The summed E-state index contributed by atoms with van der Waals surface area (Å²) in [6.07, 6.45) is 3.20. The molecular formula is C19H31N5. The van der Waals surface area contributed by atoms with E-state index < -0.39 is 0 Å². The van der Waals surface area contributed by atoms with E-state index in [1.54, 1.807) is 0 Å². The van der Waals surface area contributed by atoms with Crippen molar-refractivity contribution in [1.82, 2.24) is 20.6 Å². The number of aliphatic imine (C=N–C) groups is 1. The lowest BCUT2D eigenvalue weighted by atomic mass is 10.0. The Bertz CT molecular complexity index is 611. The average molecular weight is 329 g/mol. The van der Waals surface area contributed by atoms with Crippen LogP contribution in [0.5, 0.6) is 0 Å². The van der Waals surface area contributed by atoms with Crippen LogP contribution in [0, 0.1) is 5.92 Å². The molecule has 5 heteroatoms. The van der Waals surface area contributed by atoms with Gasteiger partial charge in [0.25, 0.3) is 0 Å². The third-order valence-corrected chi connectivity index (χ3v) is 3.96. The molecule has 0 saturated heterocycles. The molecule has 132 valence electrons. The van der Waals surface area contributed by atoms with Crippen molar-refractivity contribution in [3.63, 3.8) is 0 Å². The summed E-state index contributed by atoms with van der Waals surface area (Å²) in [6.45, 7) is 10.4. The molecule has 1 aromatic carbocycles. The lowest BCUT2D eigenvalue weighted by molar-refractivity contribution is 0.489. The summed E-state index contributed by atoms with van der Waals surface area (Å²) in [5.74, 6) is 2.62. The summed E-state index contributed by atoms with van der Waals surface area (Å²) in [5, 5.41) is 6.82. The number of imidazole rings is 1. The number of benzene rings is 1. The van der Waals surface area contributed by atoms with Gasteiger partial charge in [0, 0.05) is 25.6 Å². The molecule has 1 atom stereocenters. The number of hydrogen-bond acceptors (Lipinski definition) is 2. The number of hydrogen-bond donors (Lipinski definition) is 3. The van der Waals surface area contributed by atoms with E-state index in [1.807, 2.05) is 18.2 Å². The third-order valence-electron chi connectivity index (χ3n) is 3.96. The average Bonchev–Trinajstić information content (AvgIpc) is 2.95. The SMILES string of the molecule is CCNC(=NCCc1nc2ccccc2[nH]1)NC(C)CCC(C)C. The zero-order chi connectivity index (χ0) is 17.4. The van der Waals surface area contributed by atoms with E-state index >= 15 is 0 Å². The highest BCUT2D eigenvalue weighted by molar-refractivity contribution is 5.80. The van der Waals surface area contributed by atoms with Crippen molar-refractivity contribution in [3.8, 4) is 0 Å². The molecule has 2 rings (SSSR count). The largest absolute Gasteiger partial charge is 0.357 e. The zero-order valence-electron chi connectivity index (χ0n) is 15.4. The van der Waals surface area contributed by atoms with Crippen molar-refractivity contribution in [2.75, 3.05) is 13.1 Å². The summed E-state index contributed by atoms with van der Waals surface area (Å²) in [5.41, 5.74) is 2.10. The van der Waals surface area contributed by atoms with Gasteiger partial charge in [-0.15, -0.1) is 0 Å². The quantitative estimate of drug-likeness (QED) is 0.513. The maximum absolute atomic E-state index is 4.68. The molecule has 0 aliphatic heterocycles. The molecule has 1 heterocycles. The van der Waals surface area contributed by atoms with Gasteiger partial charge < -0.3 is 15.6 Å². The first-order chi connectivity index (χ1) is 11.6. The van der Waals surface area contributed by atoms with Crippen LogP contribution in [0.25, 0.3) is 11.0 Å². The van der Waals surface area contributed by atoms with E-state index in [0.29, 0.717) is 12.6 Å². The lowest BCUT2D eigenvalue weighted by Crippen LogP contribution is -2.42. The highest BCUT2D eigenvalue weighted by Crippen LogP contribution is 2.10. The summed E-state index contributed by atoms with van der Waals surface area (Å²) < 4.78 is 0. The second-order valence-electron chi connectivity index (χ2n) is 6.73. The minimum atomic E-state index is 0.427. The van der Waals surface area contributed by atoms with Crippen LogP contribution in [-0.4, -0.2) is 35.1 Å². The number of nitrogens with zero attached hydrogens (tertiary/aromatic N) is 2. The number of fused-ring (bicyclic) bond motifs is 1. The van der Waals surface area contributed by atoms with Gasteiger partial charge >= 0.3 is 0 Å². The Balaban J connectivity index is 1.87. The van der Waals surface area contributed by atoms with Gasteiger partial charge in [0.05, 0.1) is 11.0 Å². The molecule has 1 unspecified atom stereocenters. The highest BCUT2D eigenvalue weighted by Gasteiger charge is 2.07. The minimum Gasteiger partial charge on any atom is -0.357 e. The van der Waals surface area contributed by atoms with Gasteiger partial charge in [-0.25, -0.2) is 4.98 Å². The predicted molar refractivity (Wildman–Crippen MR) is 102 cm³/mol. The van der Waals surface area contributed by atoms with Gasteiger partial charge in [-0.3, -0.25) is 4.99 Å². The maximum Gasteiger partial charge on any atom is 0.191 e.